The zero-order chi connectivity index (χ0) is 13.6. The van der Waals surface area contributed by atoms with Crippen LogP contribution in [0, 0.1) is 0 Å². The van der Waals surface area contributed by atoms with Crippen molar-refractivity contribution in [3.8, 4) is 0 Å². The first kappa shape index (κ1) is 12.9. The number of rotatable bonds is 4. The molecule has 1 saturated carbocycles. The predicted octanol–water partition coefficient (Wildman–Crippen LogP) is 3.96. The Morgan fingerprint density at radius 1 is 0.900 bits per heavy atom. The fourth-order valence-corrected chi connectivity index (χ4v) is 2.63. The first-order chi connectivity index (χ1) is 9.90. The molecule has 20 heavy (non-hydrogen) atoms. The summed E-state index contributed by atoms with van der Waals surface area (Å²) in [7, 11) is 0. The normalized spacial score (nSPS) is 15.8. The van der Waals surface area contributed by atoms with Crippen molar-refractivity contribution in [2.24, 2.45) is 0 Å². The Kier molecular flexibility index (Phi) is 4.11. The highest BCUT2D eigenvalue weighted by molar-refractivity contribution is 5.58. The van der Waals surface area contributed by atoms with Crippen LogP contribution < -0.4 is 10.6 Å². The van der Waals surface area contributed by atoms with Gasteiger partial charge in [0.25, 0.3) is 0 Å². The van der Waals surface area contributed by atoms with Gasteiger partial charge >= 0.3 is 0 Å². The average Bonchev–Trinajstić information content (AvgIpc) is 2.50. The lowest BCUT2D eigenvalue weighted by Gasteiger charge is -2.23. The van der Waals surface area contributed by atoms with Gasteiger partial charge in [-0.2, -0.15) is 0 Å². The predicted molar refractivity (Wildman–Crippen MR) is 82.3 cm³/mol. The summed E-state index contributed by atoms with van der Waals surface area (Å²) in [6, 6.07) is 12.6. The van der Waals surface area contributed by atoms with Gasteiger partial charge in [0.2, 0.25) is 0 Å². The van der Waals surface area contributed by atoms with Crippen molar-refractivity contribution in [3.63, 3.8) is 0 Å². The maximum absolute atomic E-state index is 4.31. The molecule has 4 nitrogen and oxygen atoms in total. The molecule has 1 aromatic carbocycles. The summed E-state index contributed by atoms with van der Waals surface area (Å²) in [5, 5.41) is 6.81. The summed E-state index contributed by atoms with van der Waals surface area (Å²) in [6.45, 7) is 0. The molecular weight excluding hydrogens is 248 g/mol. The smallest absolute Gasteiger partial charge is 0.135 e. The minimum atomic E-state index is 0.559. The van der Waals surface area contributed by atoms with E-state index in [1.165, 1.54) is 32.1 Å². The molecule has 0 bridgehead atoms. The van der Waals surface area contributed by atoms with Crippen molar-refractivity contribution in [2.75, 3.05) is 10.6 Å². The van der Waals surface area contributed by atoms with Crippen molar-refractivity contribution in [1.29, 1.82) is 0 Å². The second-order valence-corrected chi connectivity index (χ2v) is 5.26. The van der Waals surface area contributed by atoms with E-state index in [4.69, 9.17) is 0 Å². The second kappa shape index (κ2) is 6.37. The molecule has 0 amide bonds. The molecule has 1 aromatic heterocycles. The van der Waals surface area contributed by atoms with Crippen LogP contribution in [0.4, 0.5) is 17.3 Å². The fourth-order valence-electron chi connectivity index (χ4n) is 2.63. The van der Waals surface area contributed by atoms with E-state index >= 15 is 0 Å². The molecule has 2 N–H and O–H groups in total. The number of nitrogens with zero attached hydrogens (tertiary/aromatic N) is 2. The molecule has 1 heterocycles. The van der Waals surface area contributed by atoms with Gasteiger partial charge in [-0.3, -0.25) is 0 Å². The Hall–Kier alpha value is -2.10. The van der Waals surface area contributed by atoms with Gasteiger partial charge in [0.1, 0.15) is 18.0 Å². The number of aromatic nitrogens is 2. The van der Waals surface area contributed by atoms with Gasteiger partial charge in [0, 0.05) is 17.8 Å². The lowest BCUT2D eigenvalue weighted by Crippen LogP contribution is -2.22. The highest BCUT2D eigenvalue weighted by Gasteiger charge is 2.13. The number of nitrogens with one attached hydrogen (secondary N) is 2. The molecule has 0 aliphatic heterocycles. The summed E-state index contributed by atoms with van der Waals surface area (Å²) >= 11 is 0. The lowest BCUT2D eigenvalue weighted by atomic mass is 9.95. The third-order valence-corrected chi connectivity index (χ3v) is 3.67. The van der Waals surface area contributed by atoms with Crippen LogP contribution in [0.25, 0.3) is 0 Å². The molecule has 2 aromatic rings. The molecule has 3 rings (SSSR count). The van der Waals surface area contributed by atoms with Crippen LogP contribution in [0.2, 0.25) is 0 Å². The van der Waals surface area contributed by atoms with E-state index < -0.39 is 0 Å². The molecular formula is C16H20N4. The van der Waals surface area contributed by atoms with Gasteiger partial charge in [-0.25, -0.2) is 9.97 Å². The average molecular weight is 268 g/mol. The second-order valence-electron chi connectivity index (χ2n) is 5.26. The van der Waals surface area contributed by atoms with Crippen LogP contribution in [0.15, 0.2) is 42.7 Å². The van der Waals surface area contributed by atoms with Gasteiger partial charge < -0.3 is 10.6 Å². The Balaban J connectivity index is 1.66. The molecule has 0 atom stereocenters. The number of hydrogen-bond acceptors (Lipinski definition) is 4. The zero-order valence-corrected chi connectivity index (χ0v) is 11.5. The van der Waals surface area contributed by atoms with Crippen LogP contribution in [0.5, 0.6) is 0 Å². The van der Waals surface area contributed by atoms with Crippen molar-refractivity contribution in [3.05, 3.63) is 42.7 Å². The van der Waals surface area contributed by atoms with Gasteiger partial charge in [-0.05, 0) is 25.0 Å². The summed E-state index contributed by atoms with van der Waals surface area (Å²) in [5.41, 5.74) is 1.04. The van der Waals surface area contributed by atoms with Gasteiger partial charge in [-0.1, -0.05) is 37.5 Å². The van der Waals surface area contributed by atoms with E-state index in [1.54, 1.807) is 6.33 Å². The van der Waals surface area contributed by atoms with E-state index in [0.717, 1.165) is 17.3 Å². The molecule has 0 spiro atoms. The maximum Gasteiger partial charge on any atom is 0.135 e. The monoisotopic (exact) mass is 268 g/mol. The Bertz CT molecular complexity index is 535. The highest BCUT2D eigenvalue weighted by Crippen LogP contribution is 2.22. The van der Waals surface area contributed by atoms with E-state index in [1.807, 2.05) is 36.4 Å². The highest BCUT2D eigenvalue weighted by atomic mass is 15.1. The van der Waals surface area contributed by atoms with E-state index in [0.29, 0.717) is 6.04 Å². The molecule has 1 fully saturated rings. The first-order valence-corrected chi connectivity index (χ1v) is 7.31. The molecule has 0 radical (unpaired) electrons. The lowest BCUT2D eigenvalue weighted by molar-refractivity contribution is 0.462. The summed E-state index contributed by atoms with van der Waals surface area (Å²) in [5.74, 6) is 1.73. The number of benzene rings is 1. The molecule has 4 heteroatoms. The topological polar surface area (TPSA) is 49.8 Å². The van der Waals surface area contributed by atoms with Gasteiger partial charge in [-0.15, -0.1) is 0 Å². The number of hydrogen-bond donors (Lipinski definition) is 2. The van der Waals surface area contributed by atoms with Crippen molar-refractivity contribution in [2.45, 2.75) is 38.1 Å². The Morgan fingerprint density at radius 2 is 1.65 bits per heavy atom. The van der Waals surface area contributed by atoms with Crippen LogP contribution in [-0.4, -0.2) is 16.0 Å². The molecule has 0 saturated heterocycles. The van der Waals surface area contributed by atoms with Crippen molar-refractivity contribution < 1.29 is 0 Å². The molecule has 104 valence electrons. The van der Waals surface area contributed by atoms with Crippen LogP contribution in [0.1, 0.15) is 32.1 Å². The van der Waals surface area contributed by atoms with E-state index in [2.05, 4.69) is 20.6 Å². The van der Waals surface area contributed by atoms with E-state index in [-0.39, 0.29) is 0 Å². The molecule has 1 aliphatic carbocycles. The summed E-state index contributed by atoms with van der Waals surface area (Å²) < 4.78 is 0. The minimum Gasteiger partial charge on any atom is -0.367 e. The van der Waals surface area contributed by atoms with Crippen LogP contribution in [0.3, 0.4) is 0 Å². The standard InChI is InChI=1S/C16H20N4/c1-3-7-13(8-4-1)19-15-11-16(18-12-17-15)20-14-9-5-2-6-10-14/h1,3-4,7-8,11-12,14H,2,5-6,9-10H2,(H2,17,18,19,20). The summed E-state index contributed by atoms with van der Waals surface area (Å²) in [4.78, 5) is 8.58. The fraction of sp³-hybridized carbons (Fsp3) is 0.375. The van der Waals surface area contributed by atoms with Crippen molar-refractivity contribution >= 4 is 17.3 Å². The Labute approximate surface area is 119 Å². The third kappa shape index (κ3) is 3.47. The number of para-hydroxylation sites is 1. The Morgan fingerprint density at radius 3 is 2.45 bits per heavy atom. The quantitative estimate of drug-likeness (QED) is 0.881. The van der Waals surface area contributed by atoms with Crippen molar-refractivity contribution in [1.82, 2.24) is 9.97 Å². The largest absolute Gasteiger partial charge is 0.367 e. The van der Waals surface area contributed by atoms with E-state index in [9.17, 15) is 0 Å². The van der Waals surface area contributed by atoms with Crippen LogP contribution in [-0.2, 0) is 0 Å². The third-order valence-electron chi connectivity index (χ3n) is 3.67. The van der Waals surface area contributed by atoms with Gasteiger partial charge in [0.15, 0.2) is 0 Å². The van der Waals surface area contributed by atoms with Gasteiger partial charge in [0.05, 0.1) is 0 Å². The first-order valence-electron chi connectivity index (χ1n) is 7.31. The summed E-state index contributed by atoms with van der Waals surface area (Å²) in [6.07, 6.45) is 8.09. The SMILES string of the molecule is c1ccc(Nc2cc(NC3CCCCC3)ncn2)cc1. The minimum absolute atomic E-state index is 0.559. The number of anilines is 3. The molecule has 1 aliphatic rings. The molecule has 0 unspecified atom stereocenters. The maximum atomic E-state index is 4.31. The van der Waals surface area contributed by atoms with Crippen LogP contribution >= 0.6 is 0 Å². The zero-order valence-electron chi connectivity index (χ0n) is 11.5.